The van der Waals surface area contributed by atoms with Gasteiger partial charge >= 0.3 is 0 Å². The van der Waals surface area contributed by atoms with E-state index >= 15 is 0 Å². The van der Waals surface area contributed by atoms with E-state index in [1.807, 2.05) is 42.6 Å². The molecule has 1 unspecified atom stereocenters. The monoisotopic (exact) mass is 404 g/mol. The van der Waals surface area contributed by atoms with Gasteiger partial charge in [-0.3, -0.25) is 4.68 Å². The molecule has 7 heteroatoms. The molecule has 0 spiro atoms. The van der Waals surface area contributed by atoms with Crippen LogP contribution < -0.4 is 11.1 Å². The average molecular weight is 405 g/mol. The van der Waals surface area contributed by atoms with Gasteiger partial charge in [0.1, 0.15) is 0 Å². The van der Waals surface area contributed by atoms with E-state index in [0.717, 1.165) is 27.2 Å². The van der Waals surface area contributed by atoms with Crippen LogP contribution in [0.15, 0.2) is 54.2 Å². The predicted octanol–water partition coefficient (Wildman–Crippen LogP) is 4.99. The van der Waals surface area contributed by atoms with Crippen LogP contribution in [0, 0.1) is 5.92 Å². The van der Waals surface area contributed by atoms with Crippen molar-refractivity contribution in [1.29, 1.82) is 0 Å². The Morgan fingerprint density at radius 3 is 2.76 bits per heavy atom. The van der Waals surface area contributed by atoms with Gasteiger partial charge in [-0.25, -0.2) is 9.97 Å². The van der Waals surface area contributed by atoms with Gasteiger partial charge in [0.2, 0.25) is 5.95 Å². The number of hydrogen-bond donors (Lipinski definition) is 2. The van der Waals surface area contributed by atoms with E-state index in [1.54, 1.807) is 11.3 Å². The highest BCUT2D eigenvalue weighted by Crippen LogP contribution is 2.36. The standard InChI is InChI=1S/C22H24N6S/c23-12-19(15-6-4-5-7-15)28-14-16(13-24-28)20-21-18(10-11-29-21)26-22(27-20)25-17-8-2-1-3-9-17/h1-3,8-11,13-15,19H,4-7,12,23H2,(H,25,26,27). The second kappa shape index (κ2) is 7.93. The summed E-state index contributed by atoms with van der Waals surface area (Å²) in [6, 6.07) is 12.3. The van der Waals surface area contributed by atoms with Crippen molar-refractivity contribution in [2.24, 2.45) is 11.7 Å². The fraction of sp³-hybridized carbons (Fsp3) is 0.318. The Bertz CT molecular complexity index is 1100. The summed E-state index contributed by atoms with van der Waals surface area (Å²) in [6.07, 6.45) is 9.09. The third-order valence-electron chi connectivity index (χ3n) is 5.73. The van der Waals surface area contributed by atoms with Crippen molar-refractivity contribution < 1.29 is 0 Å². The zero-order chi connectivity index (χ0) is 19.6. The van der Waals surface area contributed by atoms with Crippen LogP contribution in [0.25, 0.3) is 21.5 Å². The van der Waals surface area contributed by atoms with Gasteiger partial charge in [-0.2, -0.15) is 5.10 Å². The summed E-state index contributed by atoms with van der Waals surface area (Å²) in [7, 11) is 0. The van der Waals surface area contributed by atoms with Gasteiger partial charge in [-0.1, -0.05) is 31.0 Å². The summed E-state index contributed by atoms with van der Waals surface area (Å²) < 4.78 is 3.13. The van der Waals surface area contributed by atoms with E-state index in [0.29, 0.717) is 18.4 Å². The Hall–Kier alpha value is -2.77. The molecule has 29 heavy (non-hydrogen) atoms. The second-order valence-corrected chi connectivity index (χ2v) is 8.49. The van der Waals surface area contributed by atoms with Crippen molar-refractivity contribution >= 4 is 33.2 Å². The number of fused-ring (bicyclic) bond motifs is 1. The van der Waals surface area contributed by atoms with Crippen LogP contribution in [0.5, 0.6) is 0 Å². The molecule has 148 valence electrons. The van der Waals surface area contributed by atoms with Gasteiger partial charge in [-0.05, 0) is 42.3 Å². The summed E-state index contributed by atoms with van der Waals surface area (Å²) in [6.45, 7) is 0.616. The average Bonchev–Trinajstić information content (AvgIpc) is 3.51. The molecule has 0 saturated heterocycles. The molecule has 1 aromatic carbocycles. The number of aromatic nitrogens is 4. The third kappa shape index (κ3) is 3.63. The fourth-order valence-corrected chi connectivity index (χ4v) is 5.11. The van der Waals surface area contributed by atoms with E-state index in [9.17, 15) is 0 Å². The normalized spacial score (nSPS) is 15.8. The molecule has 1 aliphatic carbocycles. The molecular formula is C22H24N6S. The highest BCUT2D eigenvalue weighted by molar-refractivity contribution is 7.17. The zero-order valence-corrected chi connectivity index (χ0v) is 17.0. The molecule has 0 aliphatic heterocycles. The number of para-hydroxylation sites is 1. The maximum Gasteiger partial charge on any atom is 0.228 e. The second-order valence-electron chi connectivity index (χ2n) is 7.58. The molecule has 0 amide bonds. The first-order valence-corrected chi connectivity index (χ1v) is 11.0. The summed E-state index contributed by atoms with van der Waals surface area (Å²) in [5, 5.41) is 10.0. The van der Waals surface area contributed by atoms with Crippen molar-refractivity contribution in [3.05, 3.63) is 54.2 Å². The van der Waals surface area contributed by atoms with Crippen LogP contribution in [0.1, 0.15) is 31.7 Å². The molecule has 5 rings (SSSR count). The van der Waals surface area contributed by atoms with Gasteiger partial charge in [0.25, 0.3) is 0 Å². The van der Waals surface area contributed by atoms with Crippen molar-refractivity contribution in [2.45, 2.75) is 31.7 Å². The van der Waals surface area contributed by atoms with Crippen molar-refractivity contribution in [3.8, 4) is 11.3 Å². The number of rotatable bonds is 6. The molecule has 0 radical (unpaired) electrons. The summed E-state index contributed by atoms with van der Waals surface area (Å²) in [5.41, 5.74) is 9.95. The lowest BCUT2D eigenvalue weighted by Gasteiger charge is -2.22. The Labute approximate surface area is 173 Å². The number of hydrogen-bond acceptors (Lipinski definition) is 6. The summed E-state index contributed by atoms with van der Waals surface area (Å²) in [5.74, 6) is 1.21. The molecule has 1 atom stereocenters. The molecule has 4 aromatic rings. The van der Waals surface area contributed by atoms with Crippen LogP contribution in [0.4, 0.5) is 11.6 Å². The topological polar surface area (TPSA) is 81.7 Å². The summed E-state index contributed by atoms with van der Waals surface area (Å²) >= 11 is 1.66. The Morgan fingerprint density at radius 2 is 1.97 bits per heavy atom. The van der Waals surface area contributed by atoms with E-state index in [1.165, 1.54) is 25.7 Å². The minimum Gasteiger partial charge on any atom is -0.328 e. The van der Waals surface area contributed by atoms with Crippen LogP contribution in [-0.2, 0) is 0 Å². The molecule has 1 saturated carbocycles. The quantitative estimate of drug-likeness (QED) is 0.473. The molecule has 1 aliphatic rings. The van der Waals surface area contributed by atoms with Gasteiger partial charge in [0.15, 0.2) is 0 Å². The predicted molar refractivity (Wildman–Crippen MR) is 118 cm³/mol. The first kappa shape index (κ1) is 18.3. The first-order valence-electron chi connectivity index (χ1n) is 10.1. The van der Waals surface area contributed by atoms with E-state index in [4.69, 9.17) is 10.7 Å². The van der Waals surface area contributed by atoms with Crippen LogP contribution in [0.3, 0.4) is 0 Å². The first-order chi connectivity index (χ1) is 14.3. The largest absolute Gasteiger partial charge is 0.328 e. The van der Waals surface area contributed by atoms with E-state index < -0.39 is 0 Å². The number of benzene rings is 1. The van der Waals surface area contributed by atoms with Gasteiger partial charge in [0.05, 0.1) is 28.1 Å². The zero-order valence-electron chi connectivity index (χ0n) is 16.2. The van der Waals surface area contributed by atoms with Crippen molar-refractivity contribution in [3.63, 3.8) is 0 Å². The molecule has 6 nitrogen and oxygen atoms in total. The highest BCUT2D eigenvalue weighted by Gasteiger charge is 2.26. The summed E-state index contributed by atoms with van der Waals surface area (Å²) in [4.78, 5) is 9.52. The third-order valence-corrected chi connectivity index (χ3v) is 6.64. The van der Waals surface area contributed by atoms with Crippen LogP contribution in [0.2, 0.25) is 0 Å². The maximum atomic E-state index is 6.12. The van der Waals surface area contributed by atoms with Gasteiger partial charge in [-0.15, -0.1) is 11.3 Å². The highest BCUT2D eigenvalue weighted by atomic mass is 32.1. The lowest BCUT2D eigenvalue weighted by molar-refractivity contribution is 0.317. The van der Waals surface area contributed by atoms with Gasteiger partial charge in [0, 0.05) is 24.0 Å². The lowest BCUT2D eigenvalue weighted by atomic mass is 9.98. The van der Waals surface area contributed by atoms with Crippen LogP contribution >= 0.6 is 11.3 Å². The van der Waals surface area contributed by atoms with Crippen molar-refractivity contribution in [1.82, 2.24) is 19.7 Å². The smallest absolute Gasteiger partial charge is 0.228 e. The molecular weight excluding hydrogens is 380 g/mol. The van der Waals surface area contributed by atoms with Crippen LogP contribution in [-0.4, -0.2) is 26.3 Å². The molecule has 3 N–H and O–H groups in total. The number of anilines is 2. The Kier molecular flexibility index (Phi) is 4.99. The van der Waals surface area contributed by atoms with Crippen molar-refractivity contribution in [2.75, 3.05) is 11.9 Å². The molecule has 0 bridgehead atoms. The number of nitrogens with one attached hydrogen (secondary N) is 1. The van der Waals surface area contributed by atoms with E-state index in [-0.39, 0.29) is 6.04 Å². The Morgan fingerprint density at radius 1 is 1.14 bits per heavy atom. The number of nitrogens with two attached hydrogens (primary N) is 1. The van der Waals surface area contributed by atoms with E-state index in [2.05, 4.69) is 31.7 Å². The number of thiophene rings is 1. The molecule has 3 aromatic heterocycles. The molecule has 1 fully saturated rings. The molecule has 3 heterocycles. The fourth-order valence-electron chi connectivity index (χ4n) is 4.27. The maximum absolute atomic E-state index is 6.12. The minimum absolute atomic E-state index is 0.258. The van der Waals surface area contributed by atoms with Gasteiger partial charge < -0.3 is 11.1 Å². The lowest BCUT2D eigenvalue weighted by Crippen LogP contribution is -2.26. The minimum atomic E-state index is 0.258. The SMILES string of the molecule is NCC(C1CCCC1)n1cc(-c2nc(Nc3ccccc3)nc3ccsc23)cn1. The Balaban J connectivity index is 1.51. The number of nitrogens with zero attached hydrogens (tertiary/aromatic N) is 4.